The third-order valence-corrected chi connectivity index (χ3v) is 3.73. The molecule has 27 heavy (non-hydrogen) atoms. The fraction of sp³-hybridized carbons (Fsp3) is 0.400. The van der Waals surface area contributed by atoms with Crippen LogP contribution in [0.15, 0.2) is 54.6 Å². The third kappa shape index (κ3) is 12.1. The van der Waals surface area contributed by atoms with Crippen LogP contribution in [-0.2, 0) is 10.4 Å². The number of ether oxygens (including phenoxy) is 1. The molecule has 2 aromatic rings. The molecular weight excluding hydrogens is 366 g/mol. The van der Waals surface area contributed by atoms with Crippen LogP contribution in [0.5, 0.6) is 5.75 Å². The molecule has 6 nitrogen and oxygen atoms in total. The second kappa shape index (κ2) is 12.5. The summed E-state index contributed by atoms with van der Waals surface area (Å²) in [5, 5.41) is 0. The number of benzene rings is 2. The van der Waals surface area contributed by atoms with E-state index in [2.05, 4.69) is 61.5 Å². The summed E-state index contributed by atoms with van der Waals surface area (Å²) in [4.78, 5) is 2.24. The lowest BCUT2D eigenvalue weighted by molar-refractivity contribution is 0.303. The summed E-state index contributed by atoms with van der Waals surface area (Å²) in [6.07, 6.45) is 4.91. The van der Waals surface area contributed by atoms with Crippen molar-refractivity contribution in [2.45, 2.75) is 25.7 Å². The van der Waals surface area contributed by atoms with Gasteiger partial charge in [0, 0.05) is 5.56 Å². The van der Waals surface area contributed by atoms with Gasteiger partial charge in [-0.25, -0.2) is 0 Å². The van der Waals surface area contributed by atoms with Crippen molar-refractivity contribution in [1.82, 2.24) is 4.90 Å². The molecule has 0 atom stereocenters. The lowest BCUT2D eigenvalue weighted by Gasteiger charge is -2.12. The van der Waals surface area contributed by atoms with Crippen LogP contribution in [-0.4, -0.2) is 49.7 Å². The van der Waals surface area contributed by atoms with Gasteiger partial charge >= 0.3 is 10.4 Å². The fourth-order valence-electron chi connectivity index (χ4n) is 2.51. The summed E-state index contributed by atoms with van der Waals surface area (Å²) in [5.41, 5.74) is 2.39. The molecule has 0 heterocycles. The van der Waals surface area contributed by atoms with Crippen molar-refractivity contribution in [1.29, 1.82) is 0 Å². The number of hydrogen-bond acceptors (Lipinski definition) is 4. The minimum atomic E-state index is -4.67. The van der Waals surface area contributed by atoms with Crippen LogP contribution < -0.4 is 4.74 Å². The van der Waals surface area contributed by atoms with E-state index in [1.54, 1.807) is 0 Å². The monoisotopic (exact) mass is 395 g/mol. The quantitative estimate of drug-likeness (QED) is 0.489. The second-order valence-corrected chi connectivity index (χ2v) is 7.27. The first kappa shape index (κ1) is 23.1. The normalized spacial score (nSPS) is 11.0. The smallest absolute Gasteiger partial charge is 0.394 e. The molecule has 0 spiro atoms. The van der Waals surface area contributed by atoms with Gasteiger partial charge in [-0.3, -0.25) is 9.11 Å². The second-order valence-electron chi connectivity index (χ2n) is 6.38. The minimum absolute atomic E-state index is 0.797. The summed E-state index contributed by atoms with van der Waals surface area (Å²) in [7, 11) is -0.409. The molecule has 0 radical (unpaired) electrons. The van der Waals surface area contributed by atoms with Crippen LogP contribution in [0.1, 0.15) is 25.7 Å². The van der Waals surface area contributed by atoms with Gasteiger partial charge in [-0.05, 0) is 45.1 Å². The molecule has 2 rings (SSSR count). The molecule has 0 saturated heterocycles. The highest BCUT2D eigenvalue weighted by atomic mass is 32.3. The Morgan fingerprint density at radius 3 is 2.04 bits per heavy atom. The van der Waals surface area contributed by atoms with E-state index in [4.69, 9.17) is 22.3 Å². The van der Waals surface area contributed by atoms with Crippen molar-refractivity contribution in [2.75, 3.05) is 27.2 Å². The molecule has 150 valence electrons. The van der Waals surface area contributed by atoms with Crippen LogP contribution in [0.25, 0.3) is 11.1 Å². The molecule has 0 bridgehead atoms. The first-order valence-corrected chi connectivity index (χ1v) is 10.3. The van der Waals surface area contributed by atoms with Gasteiger partial charge in [0.05, 0.1) is 6.61 Å². The summed E-state index contributed by atoms with van der Waals surface area (Å²) >= 11 is 0. The molecule has 7 heteroatoms. The molecule has 0 fully saturated rings. The largest absolute Gasteiger partial charge is 0.493 e. The van der Waals surface area contributed by atoms with Gasteiger partial charge in [0.25, 0.3) is 0 Å². The van der Waals surface area contributed by atoms with Gasteiger partial charge in [-0.15, -0.1) is 0 Å². The number of para-hydroxylation sites is 1. The fourth-order valence-corrected chi connectivity index (χ4v) is 2.51. The highest BCUT2D eigenvalue weighted by Gasteiger charge is 2.04. The van der Waals surface area contributed by atoms with Crippen LogP contribution in [0.4, 0.5) is 0 Å². The average molecular weight is 396 g/mol. The Morgan fingerprint density at radius 1 is 0.852 bits per heavy atom. The van der Waals surface area contributed by atoms with Crippen LogP contribution >= 0.6 is 0 Å². The molecule has 0 unspecified atom stereocenters. The van der Waals surface area contributed by atoms with E-state index in [1.807, 2.05) is 12.1 Å². The topological polar surface area (TPSA) is 87.1 Å². The van der Waals surface area contributed by atoms with Crippen molar-refractivity contribution in [2.24, 2.45) is 0 Å². The van der Waals surface area contributed by atoms with E-state index >= 15 is 0 Å². The first-order valence-electron chi connectivity index (χ1n) is 8.89. The molecule has 0 aliphatic carbocycles. The van der Waals surface area contributed by atoms with Gasteiger partial charge in [-0.2, -0.15) is 8.42 Å². The zero-order chi connectivity index (χ0) is 20.1. The molecule has 0 aliphatic rings. The number of hydrogen-bond donors (Lipinski definition) is 2. The molecule has 2 aromatic carbocycles. The van der Waals surface area contributed by atoms with Crippen LogP contribution in [0.3, 0.4) is 0 Å². The average Bonchev–Trinajstić information content (AvgIpc) is 2.60. The number of rotatable bonds is 9. The lowest BCUT2D eigenvalue weighted by atomic mass is 10.1. The van der Waals surface area contributed by atoms with Crippen molar-refractivity contribution in [3.63, 3.8) is 0 Å². The Hall–Kier alpha value is -1.93. The maximum absolute atomic E-state index is 8.74. The maximum atomic E-state index is 8.74. The van der Waals surface area contributed by atoms with Crippen LogP contribution in [0, 0.1) is 0 Å². The molecule has 2 N–H and O–H groups in total. The Morgan fingerprint density at radius 2 is 1.41 bits per heavy atom. The highest BCUT2D eigenvalue weighted by Crippen LogP contribution is 2.29. The standard InChI is InChI=1S/C20H27NO.H2O4S/c1-21(2)16-10-3-4-11-17-22-20-15-9-8-14-19(20)18-12-6-5-7-13-18;1-5(2,3)4/h5-9,12-15H,3-4,10-11,16-17H2,1-2H3;(H2,1,2,3,4). The van der Waals surface area contributed by atoms with E-state index in [1.165, 1.54) is 36.9 Å². The minimum Gasteiger partial charge on any atom is -0.493 e. The summed E-state index contributed by atoms with van der Waals surface area (Å²) < 4.78 is 37.6. The highest BCUT2D eigenvalue weighted by molar-refractivity contribution is 7.79. The molecule has 0 aromatic heterocycles. The maximum Gasteiger partial charge on any atom is 0.394 e. The van der Waals surface area contributed by atoms with E-state index in [9.17, 15) is 0 Å². The zero-order valence-corrected chi connectivity index (χ0v) is 16.7. The predicted octanol–water partition coefficient (Wildman–Crippen LogP) is 4.20. The summed E-state index contributed by atoms with van der Waals surface area (Å²) in [6, 6.07) is 18.7. The first-order chi connectivity index (χ1) is 12.8. The molecule has 0 aliphatic heterocycles. The summed E-state index contributed by atoms with van der Waals surface area (Å²) in [5.74, 6) is 0.988. The Bertz CT molecular complexity index is 740. The van der Waals surface area contributed by atoms with Gasteiger partial charge in [-0.1, -0.05) is 61.4 Å². The van der Waals surface area contributed by atoms with Crippen molar-refractivity contribution in [3.8, 4) is 16.9 Å². The predicted molar refractivity (Wildman–Crippen MR) is 109 cm³/mol. The Labute approximate surface area is 162 Å². The van der Waals surface area contributed by atoms with Crippen LogP contribution in [0.2, 0.25) is 0 Å². The van der Waals surface area contributed by atoms with Crippen molar-refractivity contribution in [3.05, 3.63) is 54.6 Å². The third-order valence-electron chi connectivity index (χ3n) is 3.73. The van der Waals surface area contributed by atoms with E-state index < -0.39 is 10.4 Å². The van der Waals surface area contributed by atoms with Gasteiger partial charge in [0.15, 0.2) is 0 Å². The molecule has 0 saturated carbocycles. The van der Waals surface area contributed by atoms with Gasteiger partial charge in [0.1, 0.15) is 5.75 Å². The van der Waals surface area contributed by atoms with Crippen molar-refractivity contribution < 1.29 is 22.3 Å². The Kier molecular flexibility index (Phi) is 10.7. The van der Waals surface area contributed by atoms with E-state index in [0.29, 0.717) is 0 Å². The molecular formula is C20H29NO5S. The SMILES string of the molecule is CN(C)CCCCCCOc1ccccc1-c1ccccc1.O=S(=O)(O)O. The Balaban J connectivity index is 0.000000646. The number of nitrogens with zero attached hydrogens (tertiary/aromatic N) is 1. The van der Waals surface area contributed by atoms with E-state index in [0.717, 1.165) is 18.8 Å². The van der Waals surface area contributed by atoms with Gasteiger partial charge < -0.3 is 9.64 Å². The van der Waals surface area contributed by atoms with Gasteiger partial charge in [0.2, 0.25) is 0 Å². The molecule has 0 amide bonds. The van der Waals surface area contributed by atoms with Crippen molar-refractivity contribution >= 4 is 10.4 Å². The lowest BCUT2D eigenvalue weighted by Crippen LogP contribution is -2.12. The summed E-state index contributed by atoms with van der Waals surface area (Å²) in [6.45, 7) is 1.98. The van der Waals surface area contributed by atoms with E-state index in [-0.39, 0.29) is 0 Å². The zero-order valence-electron chi connectivity index (χ0n) is 15.9. The number of unbranched alkanes of at least 4 members (excludes halogenated alkanes) is 3.